The van der Waals surface area contributed by atoms with Crippen molar-refractivity contribution in [1.29, 1.82) is 0 Å². The van der Waals surface area contributed by atoms with Gasteiger partial charge in [0.25, 0.3) is 0 Å². The smallest absolute Gasteiger partial charge is 0.292 e. The van der Waals surface area contributed by atoms with Gasteiger partial charge >= 0.3 is 17.8 Å². The maximum atomic E-state index is 12.5. The molecule has 1 aliphatic carbocycles. The Morgan fingerprint density at radius 3 is 2.20 bits per heavy atom. The maximum Gasteiger partial charge on any atom is 0.334 e. The normalized spacial score (nSPS) is 18.8. The molecule has 0 bridgehead atoms. The van der Waals surface area contributed by atoms with E-state index in [0.717, 1.165) is 41.0 Å². The van der Waals surface area contributed by atoms with E-state index in [4.69, 9.17) is 0 Å². The molecule has 0 unspecified atom stereocenters. The molecule has 1 aliphatic heterocycles. The fourth-order valence-electron chi connectivity index (χ4n) is 3.43. The molecule has 0 N–H and O–H groups in total. The van der Waals surface area contributed by atoms with Crippen molar-refractivity contribution < 1.29 is 19.2 Å². The summed E-state index contributed by atoms with van der Waals surface area (Å²) in [5.74, 6) is -1.70. The fraction of sp³-hybridized carbons (Fsp3) is 0.474. The van der Waals surface area contributed by atoms with Crippen LogP contribution in [0.2, 0.25) is 0 Å². The van der Waals surface area contributed by atoms with E-state index in [1.165, 1.54) is 0 Å². The number of amides is 4. The monoisotopic (exact) mass is 342 g/mol. The zero-order valence-corrected chi connectivity index (χ0v) is 14.5. The summed E-state index contributed by atoms with van der Waals surface area (Å²) in [6.07, 6.45) is 3.33. The molecular weight excluding hydrogens is 320 g/mol. The van der Waals surface area contributed by atoms with E-state index in [2.05, 4.69) is 13.8 Å². The van der Waals surface area contributed by atoms with Crippen LogP contribution in [0.5, 0.6) is 0 Å². The van der Waals surface area contributed by atoms with Gasteiger partial charge < -0.3 is 0 Å². The molecule has 0 radical (unpaired) electrons. The Bertz CT molecular complexity index is 717. The first kappa shape index (κ1) is 17.3. The second-order valence-electron chi connectivity index (χ2n) is 6.99. The minimum Gasteiger partial charge on any atom is -0.292 e. The Labute approximate surface area is 146 Å². The Hall–Kier alpha value is -2.50. The van der Waals surface area contributed by atoms with E-state index < -0.39 is 24.4 Å². The molecule has 6 heteroatoms. The molecule has 1 heterocycles. The number of nitrogens with zero attached hydrogens (tertiary/aromatic N) is 2. The number of hydrogen-bond donors (Lipinski definition) is 0. The predicted octanol–water partition coefficient (Wildman–Crippen LogP) is 2.73. The Morgan fingerprint density at radius 1 is 1.04 bits per heavy atom. The molecule has 6 nitrogen and oxygen atoms in total. The third-order valence-electron chi connectivity index (χ3n) is 4.97. The number of rotatable bonds is 5. The summed E-state index contributed by atoms with van der Waals surface area (Å²) in [4.78, 5) is 51.0. The number of urea groups is 1. The van der Waals surface area contributed by atoms with E-state index in [9.17, 15) is 19.2 Å². The number of ketones is 1. The summed E-state index contributed by atoms with van der Waals surface area (Å²) in [5, 5.41) is 0. The number of imide groups is 2. The van der Waals surface area contributed by atoms with Crippen LogP contribution in [0.15, 0.2) is 24.3 Å². The van der Waals surface area contributed by atoms with Crippen molar-refractivity contribution in [3.8, 4) is 0 Å². The molecule has 2 aliphatic rings. The van der Waals surface area contributed by atoms with Gasteiger partial charge in [0.1, 0.15) is 0 Å². The Kier molecular flexibility index (Phi) is 4.70. The molecular formula is C19H22N2O4. The molecule has 132 valence electrons. The highest BCUT2D eigenvalue weighted by molar-refractivity contribution is 6.45. The molecule has 2 fully saturated rings. The number of hydrogen-bond acceptors (Lipinski definition) is 4. The van der Waals surface area contributed by atoms with Crippen LogP contribution in [0.3, 0.4) is 0 Å². The minimum absolute atomic E-state index is 0.214. The van der Waals surface area contributed by atoms with Crippen LogP contribution in [0.4, 0.5) is 4.79 Å². The fourth-order valence-corrected chi connectivity index (χ4v) is 3.43. The average Bonchev–Trinajstić information content (AvgIpc) is 3.18. The topological polar surface area (TPSA) is 74.8 Å². The lowest BCUT2D eigenvalue weighted by Crippen LogP contribution is -2.41. The summed E-state index contributed by atoms with van der Waals surface area (Å²) in [7, 11) is 0. The Morgan fingerprint density at radius 2 is 1.64 bits per heavy atom. The first-order valence-corrected chi connectivity index (χ1v) is 8.72. The molecule has 1 aromatic rings. The van der Waals surface area contributed by atoms with Gasteiger partial charge in [0.15, 0.2) is 5.78 Å². The highest BCUT2D eigenvalue weighted by atomic mass is 16.2. The van der Waals surface area contributed by atoms with Crippen molar-refractivity contribution in [2.75, 3.05) is 6.54 Å². The quantitative estimate of drug-likeness (QED) is 0.468. The number of carbonyl (C=O) groups is 4. The molecule has 1 saturated heterocycles. The van der Waals surface area contributed by atoms with Gasteiger partial charge in [0.05, 0.1) is 6.54 Å². The van der Waals surface area contributed by atoms with Crippen molar-refractivity contribution in [2.45, 2.75) is 51.5 Å². The van der Waals surface area contributed by atoms with Gasteiger partial charge in [-0.2, -0.15) is 0 Å². The molecule has 4 amide bonds. The lowest BCUT2D eigenvalue weighted by molar-refractivity contribution is -0.143. The van der Waals surface area contributed by atoms with Gasteiger partial charge in [0, 0.05) is 11.6 Å². The number of benzene rings is 1. The van der Waals surface area contributed by atoms with Gasteiger partial charge in [-0.15, -0.1) is 0 Å². The third kappa shape index (κ3) is 3.21. The molecule has 1 aromatic carbocycles. The van der Waals surface area contributed by atoms with Gasteiger partial charge in [-0.05, 0) is 24.3 Å². The number of Topliss-reactive ketones (excluding diaryl/α,β-unsaturated/α-hetero) is 1. The van der Waals surface area contributed by atoms with E-state index in [1.807, 2.05) is 12.1 Å². The molecule has 0 aromatic heterocycles. The van der Waals surface area contributed by atoms with E-state index in [0.29, 0.717) is 11.5 Å². The lowest BCUT2D eigenvalue weighted by atomic mass is 10.0. The highest BCUT2D eigenvalue weighted by Crippen LogP contribution is 2.27. The van der Waals surface area contributed by atoms with Gasteiger partial charge in [-0.25, -0.2) is 9.69 Å². The van der Waals surface area contributed by atoms with Crippen LogP contribution < -0.4 is 0 Å². The zero-order valence-electron chi connectivity index (χ0n) is 14.5. The lowest BCUT2D eigenvalue weighted by Gasteiger charge is -2.20. The summed E-state index contributed by atoms with van der Waals surface area (Å²) >= 11 is 0. The van der Waals surface area contributed by atoms with E-state index in [-0.39, 0.29) is 11.8 Å². The summed E-state index contributed by atoms with van der Waals surface area (Å²) in [5.41, 5.74) is 1.53. The summed E-state index contributed by atoms with van der Waals surface area (Å²) in [6, 6.07) is 6.24. The van der Waals surface area contributed by atoms with Crippen LogP contribution in [0.25, 0.3) is 0 Å². The van der Waals surface area contributed by atoms with Crippen LogP contribution in [-0.4, -0.2) is 46.0 Å². The second-order valence-corrected chi connectivity index (χ2v) is 6.99. The standard InChI is InChI=1S/C19H22N2O4/c1-12(2)13-7-9-14(10-8-13)16(22)11-20-17(23)18(24)21(19(20)25)15-5-3-4-6-15/h7-10,12,15H,3-6,11H2,1-2H3. The third-order valence-corrected chi connectivity index (χ3v) is 4.97. The minimum atomic E-state index is -0.899. The van der Waals surface area contributed by atoms with Crippen LogP contribution in [0, 0.1) is 0 Å². The largest absolute Gasteiger partial charge is 0.334 e. The van der Waals surface area contributed by atoms with E-state index >= 15 is 0 Å². The van der Waals surface area contributed by atoms with Crippen LogP contribution in [-0.2, 0) is 9.59 Å². The van der Waals surface area contributed by atoms with Crippen molar-refractivity contribution in [3.05, 3.63) is 35.4 Å². The maximum absolute atomic E-state index is 12.5. The van der Waals surface area contributed by atoms with Crippen LogP contribution >= 0.6 is 0 Å². The highest BCUT2D eigenvalue weighted by Gasteiger charge is 2.48. The molecule has 0 spiro atoms. The first-order valence-electron chi connectivity index (χ1n) is 8.72. The van der Waals surface area contributed by atoms with Gasteiger partial charge in [-0.1, -0.05) is 51.0 Å². The summed E-state index contributed by atoms with van der Waals surface area (Å²) in [6.45, 7) is 3.72. The summed E-state index contributed by atoms with van der Waals surface area (Å²) < 4.78 is 0. The van der Waals surface area contributed by atoms with E-state index in [1.54, 1.807) is 12.1 Å². The van der Waals surface area contributed by atoms with Gasteiger partial charge in [-0.3, -0.25) is 19.3 Å². The molecule has 3 rings (SSSR count). The van der Waals surface area contributed by atoms with Crippen LogP contribution in [0.1, 0.15) is 61.4 Å². The SMILES string of the molecule is CC(C)c1ccc(C(=O)CN2C(=O)C(=O)N(C3CCCC3)C2=O)cc1. The molecule has 25 heavy (non-hydrogen) atoms. The first-order chi connectivity index (χ1) is 11.9. The second kappa shape index (κ2) is 6.78. The Balaban J connectivity index is 1.73. The van der Waals surface area contributed by atoms with Crippen molar-refractivity contribution >= 4 is 23.6 Å². The predicted molar refractivity (Wildman–Crippen MR) is 91.1 cm³/mol. The number of carbonyl (C=O) groups excluding carboxylic acids is 4. The van der Waals surface area contributed by atoms with Crippen molar-refractivity contribution in [1.82, 2.24) is 9.80 Å². The average molecular weight is 342 g/mol. The van der Waals surface area contributed by atoms with Crippen molar-refractivity contribution in [2.24, 2.45) is 0 Å². The van der Waals surface area contributed by atoms with Crippen molar-refractivity contribution in [3.63, 3.8) is 0 Å². The molecule has 0 atom stereocenters. The van der Waals surface area contributed by atoms with Gasteiger partial charge in [0.2, 0.25) is 0 Å². The molecule has 1 saturated carbocycles. The zero-order chi connectivity index (χ0) is 18.1.